The van der Waals surface area contributed by atoms with Crippen LogP contribution in [0.25, 0.3) is 11.4 Å². The topological polar surface area (TPSA) is 71.0 Å². The summed E-state index contributed by atoms with van der Waals surface area (Å²) in [5, 5.41) is 8.89. The number of ether oxygens (including phenoxy) is 1. The number of hydrogen-bond donors (Lipinski definition) is 2. The Kier molecular flexibility index (Phi) is 2.64. The van der Waals surface area contributed by atoms with Crippen LogP contribution in [0.1, 0.15) is 5.69 Å². The Morgan fingerprint density at radius 3 is 3.00 bits per heavy atom. The highest BCUT2D eigenvalue weighted by Crippen LogP contribution is 2.18. The van der Waals surface area contributed by atoms with Gasteiger partial charge in [0.1, 0.15) is 5.82 Å². The number of nitrogens with one attached hydrogen (secondary N) is 1. The summed E-state index contributed by atoms with van der Waals surface area (Å²) >= 11 is 0. The van der Waals surface area contributed by atoms with E-state index in [1.54, 1.807) is 25.6 Å². The van der Waals surface area contributed by atoms with Gasteiger partial charge < -0.3 is 14.8 Å². The lowest BCUT2D eigenvalue weighted by Gasteiger charge is -2.00. The van der Waals surface area contributed by atoms with Crippen LogP contribution < -0.4 is 4.74 Å². The average Bonchev–Trinajstić information content (AvgIpc) is 2.78. The van der Waals surface area contributed by atoms with Crippen LogP contribution >= 0.6 is 0 Å². The largest absolute Gasteiger partial charge is 0.481 e. The molecule has 0 spiro atoms. The molecule has 2 N–H and O–H groups in total. The first-order valence-electron chi connectivity index (χ1n) is 4.48. The van der Waals surface area contributed by atoms with E-state index >= 15 is 0 Å². The molecule has 0 saturated heterocycles. The molecule has 0 aliphatic carbocycles. The quantitative estimate of drug-likeness (QED) is 0.783. The minimum absolute atomic E-state index is 0.0464. The molecule has 5 heteroatoms. The van der Waals surface area contributed by atoms with Gasteiger partial charge in [-0.05, 0) is 6.07 Å². The molecule has 0 unspecified atom stereocenters. The summed E-state index contributed by atoms with van der Waals surface area (Å²) < 4.78 is 5.01. The molecule has 0 aliphatic rings. The standard InChI is InChI=1S/C10H11N3O2/c1-15-9-4-7(2-3-11-9)10-12-5-8(6-14)13-10/h2-5,14H,6H2,1H3,(H,12,13). The Balaban J connectivity index is 2.35. The molecule has 2 rings (SSSR count). The molecule has 0 atom stereocenters. The lowest BCUT2D eigenvalue weighted by atomic mass is 10.2. The van der Waals surface area contributed by atoms with Crippen molar-refractivity contribution in [2.45, 2.75) is 6.61 Å². The van der Waals surface area contributed by atoms with Gasteiger partial charge in [0.2, 0.25) is 5.88 Å². The molecule has 0 bridgehead atoms. The molecule has 78 valence electrons. The van der Waals surface area contributed by atoms with Crippen molar-refractivity contribution in [3.05, 3.63) is 30.2 Å². The normalized spacial score (nSPS) is 10.3. The molecule has 0 saturated carbocycles. The Morgan fingerprint density at radius 1 is 1.47 bits per heavy atom. The van der Waals surface area contributed by atoms with Crippen molar-refractivity contribution in [2.24, 2.45) is 0 Å². The Hall–Kier alpha value is -1.88. The van der Waals surface area contributed by atoms with Gasteiger partial charge in [-0.2, -0.15) is 0 Å². The summed E-state index contributed by atoms with van der Waals surface area (Å²) in [6.45, 7) is -0.0464. The van der Waals surface area contributed by atoms with Crippen LogP contribution in [-0.2, 0) is 6.61 Å². The molecule has 2 heterocycles. The van der Waals surface area contributed by atoms with E-state index in [1.165, 1.54) is 0 Å². The summed E-state index contributed by atoms with van der Waals surface area (Å²) in [4.78, 5) is 11.1. The maximum atomic E-state index is 8.89. The van der Waals surface area contributed by atoms with Crippen molar-refractivity contribution in [1.82, 2.24) is 15.0 Å². The number of nitrogens with zero attached hydrogens (tertiary/aromatic N) is 2. The highest BCUT2D eigenvalue weighted by Gasteiger charge is 2.04. The van der Waals surface area contributed by atoms with Gasteiger partial charge in [-0.1, -0.05) is 0 Å². The lowest BCUT2D eigenvalue weighted by Crippen LogP contribution is -1.88. The molecule has 2 aromatic rings. The number of H-pyrrole nitrogens is 1. The van der Waals surface area contributed by atoms with Gasteiger partial charge in [-0.15, -0.1) is 0 Å². The smallest absolute Gasteiger partial charge is 0.213 e. The highest BCUT2D eigenvalue weighted by molar-refractivity contribution is 5.56. The predicted molar refractivity (Wildman–Crippen MR) is 54.3 cm³/mol. The average molecular weight is 205 g/mol. The maximum absolute atomic E-state index is 8.89. The van der Waals surface area contributed by atoms with Crippen LogP contribution in [0.4, 0.5) is 0 Å². The minimum Gasteiger partial charge on any atom is -0.481 e. The summed E-state index contributed by atoms with van der Waals surface area (Å²) in [5.74, 6) is 1.23. The number of rotatable bonds is 3. The number of aromatic nitrogens is 3. The van der Waals surface area contributed by atoms with Gasteiger partial charge in [0.15, 0.2) is 0 Å². The first kappa shape index (κ1) is 9.67. The number of aliphatic hydroxyl groups excluding tert-OH is 1. The number of hydrogen-bond acceptors (Lipinski definition) is 4. The van der Waals surface area contributed by atoms with Crippen LogP contribution in [0.5, 0.6) is 5.88 Å². The van der Waals surface area contributed by atoms with Crippen molar-refractivity contribution < 1.29 is 9.84 Å². The molecule has 0 fully saturated rings. The molecular formula is C10H11N3O2. The number of aliphatic hydroxyl groups is 1. The van der Waals surface area contributed by atoms with Crippen molar-refractivity contribution in [1.29, 1.82) is 0 Å². The lowest BCUT2D eigenvalue weighted by molar-refractivity contribution is 0.277. The Morgan fingerprint density at radius 2 is 2.33 bits per heavy atom. The van der Waals surface area contributed by atoms with Crippen LogP contribution in [-0.4, -0.2) is 27.2 Å². The van der Waals surface area contributed by atoms with E-state index in [0.29, 0.717) is 17.4 Å². The third-order valence-corrected chi connectivity index (χ3v) is 2.02. The van der Waals surface area contributed by atoms with Crippen molar-refractivity contribution in [2.75, 3.05) is 7.11 Å². The first-order chi connectivity index (χ1) is 7.33. The Labute approximate surface area is 86.8 Å². The van der Waals surface area contributed by atoms with Crippen LogP contribution in [0.15, 0.2) is 24.5 Å². The van der Waals surface area contributed by atoms with Gasteiger partial charge in [0.25, 0.3) is 0 Å². The molecule has 0 aromatic carbocycles. The fourth-order valence-corrected chi connectivity index (χ4v) is 1.25. The van der Waals surface area contributed by atoms with Gasteiger partial charge >= 0.3 is 0 Å². The number of imidazole rings is 1. The maximum Gasteiger partial charge on any atom is 0.213 e. The molecule has 2 aromatic heterocycles. The second kappa shape index (κ2) is 4.10. The molecule has 0 radical (unpaired) electrons. The molecule has 0 amide bonds. The zero-order chi connectivity index (χ0) is 10.7. The van der Waals surface area contributed by atoms with Gasteiger partial charge in [0, 0.05) is 17.8 Å². The summed E-state index contributed by atoms with van der Waals surface area (Å²) in [7, 11) is 1.56. The zero-order valence-electron chi connectivity index (χ0n) is 8.27. The third-order valence-electron chi connectivity index (χ3n) is 2.02. The number of methoxy groups -OCH3 is 1. The summed E-state index contributed by atoms with van der Waals surface area (Å²) in [6, 6.07) is 3.60. The van der Waals surface area contributed by atoms with Crippen molar-refractivity contribution in [3.63, 3.8) is 0 Å². The van der Waals surface area contributed by atoms with Gasteiger partial charge in [-0.25, -0.2) is 9.97 Å². The third kappa shape index (κ3) is 1.97. The second-order valence-electron chi connectivity index (χ2n) is 3.00. The van der Waals surface area contributed by atoms with E-state index in [2.05, 4.69) is 15.0 Å². The predicted octanol–water partition coefficient (Wildman–Crippen LogP) is 0.973. The van der Waals surface area contributed by atoms with Crippen molar-refractivity contribution >= 4 is 0 Å². The molecule has 0 aliphatic heterocycles. The highest BCUT2D eigenvalue weighted by atomic mass is 16.5. The summed E-state index contributed by atoms with van der Waals surface area (Å²) in [6.07, 6.45) is 3.25. The Bertz CT molecular complexity index is 453. The SMILES string of the molecule is COc1cc(-c2ncc(CO)[nH]2)ccn1. The molecule has 5 nitrogen and oxygen atoms in total. The van der Waals surface area contributed by atoms with Crippen molar-refractivity contribution in [3.8, 4) is 17.3 Å². The second-order valence-corrected chi connectivity index (χ2v) is 3.00. The van der Waals surface area contributed by atoms with Crippen LogP contribution in [0.3, 0.4) is 0 Å². The van der Waals surface area contributed by atoms with Crippen LogP contribution in [0, 0.1) is 0 Å². The fourth-order valence-electron chi connectivity index (χ4n) is 1.25. The number of aromatic amines is 1. The van der Waals surface area contributed by atoms with Gasteiger partial charge in [0.05, 0.1) is 25.6 Å². The van der Waals surface area contributed by atoms with Crippen LogP contribution in [0.2, 0.25) is 0 Å². The van der Waals surface area contributed by atoms with E-state index in [1.807, 2.05) is 6.07 Å². The zero-order valence-corrected chi connectivity index (χ0v) is 8.27. The van der Waals surface area contributed by atoms with E-state index in [9.17, 15) is 0 Å². The van der Waals surface area contributed by atoms with E-state index < -0.39 is 0 Å². The van der Waals surface area contributed by atoms with Gasteiger partial charge in [-0.3, -0.25) is 0 Å². The number of pyridine rings is 1. The first-order valence-corrected chi connectivity index (χ1v) is 4.48. The fraction of sp³-hybridized carbons (Fsp3) is 0.200. The van der Waals surface area contributed by atoms with E-state index in [-0.39, 0.29) is 6.61 Å². The van der Waals surface area contributed by atoms with E-state index in [0.717, 1.165) is 5.56 Å². The van der Waals surface area contributed by atoms with E-state index in [4.69, 9.17) is 9.84 Å². The molecular weight excluding hydrogens is 194 g/mol. The molecule has 15 heavy (non-hydrogen) atoms. The monoisotopic (exact) mass is 205 g/mol. The minimum atomic E-state index is -0.0464. The summed E-state index contributed by atoms with van der Waals surface area (Å²) in [5.41, 5.74) is 1.56.